The van der Waals surface area contributed by atoms with E-state index in [1.165, 1.54) is 23.1 Å². The van der Waals surface area contributed by atoms with Crippen LogP contribution in [0.3, 0.4) is 0 Å². The summed E-state index contributed by atoms with van der Waals surface area (Å²) in [5.41, 5.74) is -0.0863. The molecule has 14 heteroatoms. The smallest absolute Gasteiger partial charge is 0.420 e. The molecule has 0 radical (unpaired) electrons. The first kappa shape index (κ1) is 39.8. The largest absolute Gasteiger partial charge is 0.489 e. The Labute approximate surface area is 308 Å². The quantitative estimate of drug-likeness (QED) is 0.188. The number of carbonyl (C=O) groups is 5. The molecule has 3 aromatic rings. The molecule has 0 aromatic heterocycles. The van der Waals surface area contributed by atoms with Crippen LogP contribution in [0.5, 0.6) is 5.75 Å². The van der Waals surface area contributed by atoms with Crippen molar-refractivity contribution in [3.05, 3.63) is 89.5 Å². The zero-order valence-electron chi connectivity index (χ0n) is 30.8. The van der Waals surface area contributed by atoms with Crippen LogP contribution in [0.25, 0.3) is 0 Å². The molecule has 2 unspecified atom stereocenters. The highest BCUT2D eigenvalue weighted by Crippen LogP contribution is 2.27. The molecule has 0 aliphatic carbocycles. The minimum atomic E-state index is -1.71. The van der Waals surface area contributed by atoms with E-state index < -0.39 is 59.9 Å². The Morgan fingerprint density at radius 1 is 0.943 bits per heavy atom. The second-order valence-corrected chi connectivity index (χ2v) is 14.1. The molecular formula is C39H44N4O10. The lowest BCUT2D eigenvalue weighted by molar-refractivity contribution is -0.167. The van der Waals surface area contributed by atoms with Crippen molar-refractivity contribution in [1.82, 2.24) is 4.90 Å². The maximum absolute atomic E-state index is 13.8. The van der Waals surface area contributed by atoms with Crippen LogP contribution < -0.4 is 15.0 Å². The summed E-state index contributed by atoms with van der Waals surface area (Å²) >= 11 is 0. The normalized spacial score (nSPS) is 15.0. The molecule has 4 rings (SSSR count). The number of carbonyl (C=O) groups excluding carboxylic acids is 5. The Morgan fingerprint density at radius 3 is 2.21 bits per heavy atom. The lowest BCUT2D eigenvalue weighted by Crippen LogP contribution is -2.56. The average Bonchev–Trinajstić information content (AvgIpc) is 3.08. The van der Waals surface area contributed by atoms with Crippen molar-refractivity contribution < 1.29 is 47.7 Å². The number of imide groups is 1. The van der Waals surface area contributed by atoms with Crippen molar-refractivity contribution in [2.45, 2.75) is 85.0 Å². The summed E-state index contributed by atoms with van der Waals surface area (Å²) in [4.78, 5) is 68.2. The van der Waals surface area contributed by atoms with Crippen LogP contribution in [0.15, 0.2) is 72.8 Å². The van der Waals surface area contributed by atoms with Crippen LogP contribution in [-0.2, 0) is 46.5 Å². The Hall–Kier alpha value is -5.94. The van der Waals surface area contributed by atoms with Gasteiger partial charge in [0.25, 0.3) is 11.8 Å². The van der Waals surface area contributed by atoms with Gasteiger partial charge in [0.1, 0.15) is 23.6 Å². The molecule has 0 spiro atoms. The average molecular weight is 729 g/mol. The van der Waals surface area contributed by atoms with Gasteiger partial charge in [-0.25, -0.2) is 14.5 Å². The standard InChI is InChI=1S/C39H44N4O10/c1-25(44)51-32(33-35(46)42(18-19-49-33)30-14-11-15-31(21-30)50-24-26-12-9-8-10-13-26)34(45)41-29-17-16-27(22-40)28(20-29)23-43(36(47)52-38(2,3)4)37(48)53-39(5,6)7/h8-17,20-21,32-33H,18-19,23-24H2,1-7H3,(H,41,45). The number of esters is 1. The van der Waals surface area contributed by atoms with Crippen molar-refractivity contribution in [1.29, 1.82) is 5.26 Å². The monoisotopic (exact) mass is 728 g/mol. The molecule has 2 atom stereocenters. The molecular weight excluding hydrogens is 684 g/mol. The highest BCUT2D eigenvalue weighted by atomic mass is 16.6. The lowest BCUT2D eigenvalue weighted by atomic mass is 10.1. The highest BCUT2D eigenvalue weighted by Gasteiger charge is 2.43. The van der Waals surface area contributed by atoms with E-state index in [2.05, 4.69) is 5.32 Å². The maximum atomic E-state index is 13.8. The predicted octanol–water partition coefficient (Wildman–Crippen LogP) is 6.11. The van der Waals surface area contributed by atoms with Crippen molar-refractivity contribution >= 4 is 41.3 Å². The third kappa shape index (κ3) is 11.5. The zero-order chi connectivity index (χ0) is 38.9. The van der Waals surface area contributed by atoms with Gasteiger partial charge in [-0.1, -0.05) is 36.4 Å². The second-order valence-electron chi connectivity index (χ2n) is 14.1. The van der Waals surface area contributed by atoms with Gasteiger partial charge in [0.2, 0.25) is 6.10 Å². The minimum absolute atomic E-state index is 0.0305. The number of ether oxygens (including phenoxy) is 5. The summed E-state index contributed by atoms with van der Waals surface area (Å²) in [7, 11) is 0. The second kappa shape index (κ2) is 17.1. The lowest BCUT2D eigenvalue weighted by Gasteiger charge is -2.35. The van der Waals surface area contributed by atoms with Gasteiger partial charge in [-0.3, -0.25) is 14.4 Å². The molecule has 1 aliphatic heterocycles. The van der Waals surface area contributed by atoms with E-state index in [1.54, 1.807) is 65.8 Å². The fourth-order valence-electron chi connectivity index (χ4n) is 5.13. The number of nitrogens with one attached hydrogen (secondary N) is 1. The van der Waals surface area contributed by atoms with Gasteiger partial charge >= 0.3 is 18.2 Å². The van der Waals surface area contributed by atoms with E-state index in [4.69, 9.17) is 23.7 Å². The number of nitrogens with zero attached hydrogens (tertiary/aromatic N) is 3. The van der Waals surface area contributed by atoms with Gasteiger partial charge in [0.05, 0.1) is 24.8 Å². The molecule has 1 heterocycles. The predicted molar refractivity (Wildman–Crippen MR) is 193 cm³/mol. The molecule has 0 saturated carbocycles. The van der Waals surface area contributed by atoms with E-state index in [0.717, 1.165) is 12.5 Å². The van der Waals surface area contributed by atoms with Gasteiger partial charge in [0, 0.05) is 30.9 Å². The van der Waals surface area contributed by atoms with Gasteiger partial charge in [-0.05, 0) is 83.0 Å². The number of hydrogen-bond donors (Lipinski definition) is 1. The molecule has 53 heavy (non-hydrogen) atoms. The molecule has 1 aliphatic rings. The van der Waals surface area contributed by atoms with Crippen LogP contribution in [0.1, 0.15) is 65.2 Å². The topological polar surface area (TPSA) is 174 Å². The Kier molecular flexibility index (Phi) is 12.8. The number of nitriles is 1. The summed E-state index contributed by atoms with van der Waals surface area (Å²) in [6, 6.07) is 22.7. The van der Waals surface area contributed by atoms with Gasteiger partial charge in [-0.15, -0.1) is 0 Å². The van der Waals surface area contributed by atoms with Crippen LogP contribution in [0.4, 0.5) is 21.0 Å². The van der Waals surface area contributed by atoms with Crippen molar-refractivity contribution in [3.63, 3.8) is 0 Å². The molecule has 14 nitrogen and oxygen atoms in total. The summed E-state index contributed by atoms with van der Waals surface area (Å²) < 4.78 is 27.9. The zero-order valence-corrected chi connectivity index (χ0v) is 30.8. The molecule has 1 N–H and O–H groups in total. The Bertz CT molecular complexity index is 1830. The number of amides is 4. The molecule has 1 saturated heterocycles. The third-order valence-electron chi connectivity index (χ3n) is 7.38. The summed E-state index contributed by atoms with van der Waals surface area (Å²) in [6.07, 6.45) is -5.23. The molecule has 3 aromatic carbocycles. The molecule has 0 bridgehead atoms. The fraction of sp³-hybridized carbons (Fsp3) is 0.385. The highest BCUT2D eigenvalue weighted by molar-refractivity contribution is 6.04. The number of rotatable bonds is 10. The first-order valence-electron chi connectivity index (χ1n) is 16.9. The fourth-order valence-corrected chi connectivity index (χ4v) is 5.13. The molecule has 280 valence electrons. The van der Waals surface area contributed by atoms with Gasteiger partial charge < -0.3 is 33.9 Å². The Balaban J connectivity index is 1.56. The SMILES string of the molecule is CC(=O)OC(C(=O)Nc1ccc(C#N)c(CN(C(=O)OC(C)(C)C)C(=O)OC(C)(C)C)c1)C1OCCN(c2cccc(OCc3ccccc3)c2)C1=O. The van der Waals surface area contributed by atoms with Gasteiger partial charge in [-0.2, -0.15) is 5.26 Å². The molecule has 1 fully saturated rings. The minimum Gasteiger partial charge on any atom is -0.489 e. The van der Waals surface area contributed by atoms with E-state index in [9.17, 15) is 29.2 Å². The van der Waals surface area contributed by atoms with E-state index in [1.807, 2.05) is 36.4 Å². The number of anilines is 2. The van der Waals surface area contributed by atoms with Crippen molar-refractivity contribution in [2.24, 2.45) is 0 Å². The summed E-state index contributed by atoms with van der Waals surface area (Å²) in [6.45, 7) is 11.0. The van der Waals surface area contributed by atoms with E-state index >= 15 is 0 Å². The number of hydrogen-bond acceptors (Lipinski definition) is 11. The number of benzene rings is 3. The van der Waals surface area contributed by atoms with Crippen LogP contribution in [0, 0.1) is 11.3 Å². The third-order valence-corrected chi connectivity index (χ3v) is 7.38. The van der Waals surface area contributed by atoms with Crippen LogP contribution in [0.2, 0.25) is 0 Å². The van der Waals surface area contributed by atoms with Crippen molar-refractivity contribution in [2.75, 3.05) is 23.4 Å². The summed E-state index contributed by atoms with van der Waals surface area (Å²) in [5.74, 6) is -1.83. The summed E-state index contributed by atoms with van der Waals surface area (Å²) in [5, 5.41) is 12.5. The van der Waals surface area contributed by atoms with Crippen LogP contribution in [-0.4, -0.2) is 71.4 Å². The van der Waals surface area contributed by atoms with E-state index in [-0.39, 0.29) is 30.0 Å². The van der Waals surface area contributed by atoms with Crippen LogP contribution >= 0.6 is 0 Å². The number of morpholine rings is 1. The maximum Gasteiger partial charge on any atom is 0.420 e. The Morgan fingerprint density at radius 2 is 1.60 bits per heavy atom. The first-order valence-corrected chi connectivity index (χ1v) is 16.9. The van der Waals surface area contributed by atoms with Crippen molar-refractivity contribution in [3.8, 4) is 11.8 Å². The first-order chi connectivity index (χ1) is 24.9. The molecule has 4 amide bonds. The van der Waals surface area contributed by atoms with Gasteiger partial charge in [0.15, 0.2) is 6.10 Å². The van der Waals surface area contributed by atoms with E-state index in [0.29, 0.717) is 22.9 Å².